The lowest BCUT2D eigenvalue weighted by Gasteiger charge is -2.23. The Balaban J connectivity index is 2.02. The highest BCUT2D eigenvalue weighted by Crippen LogP contribution is 2.35. The lowest BCUT2D eigenvalue weighted by Crippen LogP contribution is -2.37. The molecule has 2 atom stereocenters. The maximum absolute atomic E-state index is 12.2. The Morgan fingerprint density at radius 3 is 3.29 bits per heavy atom. The molecule has 1 aliphatic carbocycles. The third-order valence-electron chi connectivity index (χ3n) is 3.32. The fourth-order valence-electron chi connectivity index (χ4n) is 2.37. The monoisotopic (exact) mass is 253 g/mol. The highest BCUT2D eigenvalue weighted by molar-refractivity contribution is 7.10. The molecule has 0 aromatic carbocycles. The van der Waals surface area contributed by atoms with Crippen molar-refractivity contribution in [3.63, 3.8) is 0 Å². The number of nitrogens with one attached hydrogen (secondary N) is 1. The number of carbonyl (C=O) groups is 1. The molecular formula is C13H19NO2S. The molecule has 0 fully saturated rings. The van der Waals surface area contributed by atoms with E-state index in [-0.39, 0.29) is 24.5 Å². The molecule has 1 aliphatic rings. The van der Waals surface area contributed by atoms with Gasteiger partial charge in [-0.2, -0.15) is 0 Å². The molecule has 0 spiro atoms. The number of hydrogen-bond acceptors (Lipinski definition) is 3. The number of hydrogen-bond donors (Lipinski definition) is 2. The molecule has 4 heteroatoms. The number of aliphatic hydroxyl groups excluding tert-OH is 1. The molecular weight excluding hydrogens is 234 g/mol. The van der Waals surface area contributed by atoms with E-state index >= 15 is 0 Å². The second-order valence-corrected chi connectivity index (χ2v) is 5.67. The Morgan fingerprint density at radius 2 is 2.53 bits per heavy atom. The van der Waals surface area contributed by atoms with Crippen molar-refractivity contribution in [2.45, 2.75) is 44.6 Å². The van der Waals surface area contributed by atoms with Crippen LogP contribution in [0.2, 0.25) is 0 Å². The van der Waals surface area contributed by atoms with Gasteiger partial charge in [-0.3, -0.25) is 4.79 Å². The maximum atomic E-state index is 12.2. The molecule has 0 bridgehead atoms. The van der Waals surface area contributed by atoms with E-state index in [4.69, 9.17) is 5.11 Å². The Hall–Kier alpha value is -0.870. The van der Waals surface area contributed by atoms with Crippen molar-refractivity contribution in [1.82, 2.24) is 5.32 Å². The zero-order valence-electron chi connectivity index (χ0n) is 10.1. The summed E-state index contributed by atoms with van der Waals surface area (Å²) in [7, 11) is 0. The number of thiophene rings is 1. The molecule has 17 heavy (non-hydrogen) atoms. The van der Waals surface area contributed by atoms with Crippen molar-refractivity contribution in [2.24, 2.45) is 0 Å². The number of amides is 1. The van der Waals surface area contributed by atoms with Crippen molar-refractivity contribution in [3.05, 3.63) is 21.9 Å². The summed E-state index contributed by atoms with van der Waals surface area (Å²) in [5.41, 5.74) is 1.22. The van der Waals surface area contributed by atoms with E-state index in [1.165, 1.54) is 10.4 Å². The van der Waals surface area contributed by atoms with Gasteiger partial charge in [0.2, 0.25) is 5.91 Å². The van der Waals surface area contributed by atoms with Gasteiger partial charge >= 0.3 is 0 Å². The SMILES string of the molecule is C[C@H](CCO)NC(=O)C1CCCc2sccc21. The van der Waals surface area contributed by atoms with Crippen LogP contribution in [0, 0.1) is 0 Å². The average Bonchev–Trinajstić information content (AvgIpc) is 2.76. The van der Waals surface area contributed by atoms with E-state index in [1.54, 1.807) is 11.3 Å². The average molecular weight is 253 g/mol. The first-order valence-corrected chi connectivity index (χ1v) is 7.08. The molecule has 0 radical (unpaired) electrons. The van der Waals surface area contributed by atoms with Crippen molar-refractivity contribution in [2.75, 3.05) is 6.61 Å². The van der Waals surface area contributed by atoms with Crippen LogP contribution in [0.1, 0.15) is 42.5 Å². The van der Waals surface area contributed by atoms with E-state index in [0.717, 1.165) is 19.3 Å². The highest BCUT2D eigenvalue weighted by atomic mass is 32.1. The van der Waals surface area contributed by atoms with Crippen molar-refractivity contribution < 1.29 is 9.90 Å². The molecule has 2 rings (SSSR count). The Labute approximate surface area is 106 Å². The van der Waals surface area contributed by atoms with Crippen LogP contribution in [0.5, 0.6) is 0 Å². The third-order valence-corrected chi connectivity index (χ3v) is 4.32. The topological polar surface area (TPSA) is 49.3 Å². The van der Waals surface area contributed by atoms with E-state index in [2.05, 4.69) is 16.8 Å². The van der Waals surface area contributed by atoms with Crippen molar-refractivity contribution in [3.8, 4) is 0 Å². The Kier molecular flexibility index (Phi) is 4.18. The van der Waals surface area contributed by atoms with Gasteiger partial charge in [-0.25, -0.2) is 0 Å². The first-order chi connectivity index (χ1) is 8.22. The fraction of sp³-hybridized carbons (Fsp3) is 0.615. The van der Waals surface area contributed by atoms with Crippen LogP contribution in [0.3, 0.4) is 0 Å². The van der Waals surface area contributed by atoms with Crippen LogP contribution in [-0.2, 0) is 11.2 Å². The highest BCUT2D eigenvalue weighted by Gasteiger charge is 2.27. The van der Waals surface area contributed by atoms with Gasteiger partial charge in [0.05, 0.1) is 5.92 Å². The smallest absolute Gasteiger partial charge is 0.227 e. The lowest BCUT2D eigenvalue weighted by atomic mass is 9.87. The normalized spacial score (nSPS) is 20.7. The summed E-state index contributed by atoms with van der Waals surface area (Å²) < 4.78 is 0. The Bertz CT molecular complexity index is 389. The van der Waals surface area contributed by atoms with E-state index in [9.17, 15) is 4.79 Å². The number of rotatable bonds is 4. The molecule has 1 heterocycles. The number of carbonyl (C=O) groups excluding carboxylic acids is 1. The largest absolute Gasteiger partial charge is 0.396 e. The van der Waals surface area contributed by atoms with Gasteiger partial charge in [-0.05, 0) is 49.6 Å². The second kappa shape index (κ2) is 5.65. The molecule has 0 saturated carbocycles. The predicted molar refractivity (Wildman–Crippen MR) is 69.3 cm³/mol. The predicted octanol–water partition coefficient (Wildman–Crippen LogP) is 2.06. The van der Waals surface area contributed by atoms with Gasteiger partial charge in [0, 0.05) is 17.5 Å². The van der Waals surface area contributed by atoms with Crippen LogP contribution in [0.15, 0.2) is 11.4 Å². The molecule has 94 valence electrons. The molecule has 2 N–H and O–H groups in total. The summed E-state index contributed by atoms with van der Waals surface area (Å²) in [5, 5.41) is 13.9. The van der Waals surface area contributed by atoms with Gasteiger partial charge in [-0.15, -0.1) is 11.3 Å². The fourth-order valence-corrected chi connectivity index (χ4v) is 3.36. The standard InChI is InChI=1S/C13H19NO2S/c1-9(5-7-15)14-13(16)11-3-2-4-12-10(11)6-8-17-12/h6,8-9,11,15H,2-5,7H2,1H3,(H,14,16)/t9-,11?/m1/s1. The van der Waals surface area contributed by atoms with Gasteiger partial charge in [0.1, 0.15) is 0 Å². The minimum absolute atomic E-state index is 0.0196. The van der Waals surface area contributed by atoms with E-state index in [0.29, 0.717) is 6.42 Å². The van der Waals surface area contributed by atoms with Crippen LogP contribution in [0.4, 0.5) is 0 Å². The summed E-state index contributed by atoms with van der Waals surface area (Å²) in [5.74, 6) is 0.136. The molecule has 0 aliphatic heterocycles. The first-order valence-electron chi connectivity index (χ1n) is 6.20. The van der Waals surface area contributed by atoms with Crippen molar-refractivity contribution >= 4 is 17.2 Å². The van der Waals surface area contributed by atoms with Gasteiger partial charge in [0.15, 0.2) is 0 Å². The summed E-state index contributed by atoms with van der Waals surface area (Å²) in [6.07, 6.45) is 3.78. The van der Waals surface area contributed by atoms with Crippen LogP contribution in [-0.4, -0.2) is 23.7 Å². The quantitative estimate of drug-likeness (QED) is 0.863. The molecule has 3 nitrogen and oxygen atoms in total. The number of fused-ring (bicyclic) bond motifs is 1. The van der Waals surface area contributed by atoms with Gasteiger partial charge < -0.3 is 10.4 Å². The third kappa shape index (κ3) is 2.87. The molecule has 1 unspecified atom stereocenters. The van der Waals surface area contributed by atoms with Crippen LogP contribution in [0.25, 0.3) is 0 Å². The van der Waals surface area contributed by atoms with Crippen LogP contribution >= 0.6 is 11.3 Å². The van der Waals surface area contributed by atoms with Gasteiger partial charge in [0.25, 0.3) is 0 Å². The van der Waals surface area contributed by atoms with E-state index in [1.807, 2.05) is 6.92 Å². The minimum atomic E-state index is 0.0196. The maximum Gasteiger partial charge on any atom is 0.227 e. The molecule has 0 saturated heterocycles. The first kappa shape index (κ1) is 12.6. The Morgan fingerprint density at radius 1 is 1.71 bits per heavy atom. The summed E-state index contributed by atoms with van der Waals surface area (Å²) in [6, 6.07) is 2.14. The van der Waals surface area contributed by atoms with Crippen LogP contribution < -0.4 is 5.32 Å². The summed E-state index contributed by atoms with van der Waals surface area (Å²) >= 11 is 1.76. The molecule has 1 aromatic heterocycles. The van der Waals surface area contributed by atoms with Gasteiger partial charge in [-0.1, -0.05) is 0 Å². The van der Waals surface area contributed by atoms with E-state index < -0.39 is 0 Å². The zero-order valence-corrected chi connectivity index (χ0v) is 10.9. The minimum Gasteiger partial charge on any atom is -0.396 e. The lowest BCUT2D eigenvalue weighted by molar-refractivity contribution is -0.123. The summed E-state index contributed by atoms with van der Waals surface area (Å²) in [6.45, 7) is 2.06. The second-order valence-electron chi connectivity index (χ2n) is 4.67. The molecule has 1 amide bonds. The summed E-state index contributed by atoms with van der Waals surface area (Å²) in [4.78, 5) is 13.5. The number of aliphatic hydroxyl groups is 1. The number of aryl methyl sites for hydroxylation is 1. The zero-order chi connectivity index (χ0) is 12.3. The molecule has 1 aromatic rings. The van der Waals surface area contributed by atoms with Crippen molar-refractivity contribution in [1.29, 1.82) is 0 Å².